The van der Waals surface area contributed by atoms with E-state index >= 15 is 0 Å². The summed E-state index contributed by atoms with van der Waals surface area (Å²) in [6.07, 6.45) is 0. The molecule has 0 radical (unpaired) electrons. The van der Waals surface area contributed by atoms with Gasteiger partial charge in [-0.2, -0.15) is 0 Å². The number of benzene rings is 1. The maximum absolute atomic E-state index is 12.9. The van der Waals surface area contributed by atoms with E-state index in [1.165, 1.54) is 0 Å². The van der Waals surface area contributed by atoms with Crippen molar-refractivity contribution in [2.24, 2.45) is 0 Å². The first kappa shape index (κ1) is 21.6. The molecule has 28 heavy (non-hydrogen) atoms. The van der Waals surface area contributed by atoms with Crippen LogP contribution in [-0.4, -0.2) is 23.5 Å². The number of aromatic nitrogens is 1. The minimum atomic E-state index is -0.376. The Morgan fingerprint density at radius 2 is 1.39 bits per heavy atom. The van der Waals surface area contributed by atoms with E-state index in [1.54, 1.807) is 31.2 Å². The van der Waals surface area contributed by atoms with Crippen LogP contribution in [-0.2, 0) is 15.6 Å². The lowest BCUT2D eigenvalue weighted by atomic mass is 9.86. The Kier molecular flexibility index (Phi) is 6.27. The number of nitrogens with one attached hydrogen (secondary N) is 1. The molecule has 5 heteroatoms. The first-order chi connectivity index (χ1) is 12.9. The third-order valence-electron chi connectivity index (χ3n) is 4.28. The average Bonchev–Trinajstić information content (AvgIpc) is 2.60. The molecule has 0 fully saturated rings. The summed E-state index contributed by atoms with van der Waals surface area (Å²) in [4.78, 5) is 29.4. The van der Waals surface area contributed by atoms with E-state index in [4.69, 9.17) is 9.72 Å². The van der Waals surface area contributed by atoms with E-state index in [9.17, 15) is 9.59 Å². The van der Waals surface area contributed by atoms with Gasteiger partial charge in [0.2, 0.25) is 0 Å². The average molecular weight is 383 g/mol. The summed E-state index contributed by atoms with van der Waals surface area (Å²) < 4.78 is 4.97. The molecule has 0 aliphatic heterocycles. The summed E-state index contributed by atoms with van der Waals surface area (Å²) in [5.74, 6) is -0.582. The Morgan fingerprint density at radius 1 is 0.893 bits per heavy atom. The van der Waals surface area contributed by atoms with Crippen molar-refractivity contribution in [3.05, 3.63) is 58.9 Å². The predicted octanol–water partition coefficient (Wildman–Crippen LogP) is 5.11. The number of esters is 1. The molecule has 1 aromatic heterocycles. The molecule has 0 bridgehead atoms. The Morgan fingerprint density at radius 3 is 1.82 bits per heavy atom. The first-order valence-corrected chi connectivity index (χ1v) is 9.53. The molecule has 1 amide bonds. The largest absolute Gasteiger partial charge is 0.462 e. The number of hydrogen-bond acceptors (Lipinski definition) is 4. The fraction of sp³-hybridized carbons (Fsp3) is 0.435. The molecule has 1 aromatic carbocycles. The summed E-state index contributed by atoms with van der Waals surface area (Å²) in [5.41, 5.74) is 3.05. The molecule has 5 nitrogen and oxygen atoms in total. The number of rotatable bonds is 4. The molecule has 1 heterocycles. The Labute approximate surface area is 167 Å². The lowest BCUT2D eigenvalue weighted by Gasteiger charge is -2.24. The van der Waals surface area contributed by atoms with Gasteiger partial charge in [-0.1, -0.05) is 41.5 Å². The summed E-state index contributed by atoms with van der Waals surface area (Å²) in [7, 11) is 0. The van der Waals surface area contributed by atoms with E-state index in [2.05, 4.69) is 46.9 Å². The van der Waals surface area contributed by atoms with Crippen LogP contribution in [0.3, 0.4) is 0 Å². The molecule has 1 N–H and O–H groups in total. The van der Waals surface area contributed by atoms with Crippen LogP contribution in [0.1, 0.15) is 80.6 Å². The van der Waals surface area contributed by atoms with Gasteiger partial charge in [-0.15, -0.1) is 0 Å². The summed E-state index contributed by atoms with van der Waals surface area (Å²) in [6, 6.07) is 10.4. The van der Waals surface area contributed by atoms with Crippen LogP contribution in [0.15, 0.2) is 36.4 Å². The van der Waals surface area contributed by atoms with Gasteiger partial charge in [0.25, 0.3) is 5.91 Å². The van der Waals surface area contributed by atoms with Crippen molar-refractivity contribution in [1.82, 2.24) is 4.98 Å². The quantitative estimate of drug-likeness (QED) is 0.747. The highest BCUT2D eigenvalue weighted by molar-refractivity contribution is 6.04. The Hall–Kier alpha value is -2.69. The van der Waals surface area contributed by atoms with Gasteiger partial charge in [0.05, 0.1) is 12.2 Å². The van der Waals surface area contributed by atoms with E-state index in [0.717, 1.165) is 11.4 Å². The second-order valence-corrected chi connectivity index (χ2v) is 8.88. The van der Waals surface area contributed by atoms with Gasteiger partial charge in [-0.05, 0) is 43.3 Å². The van der Waals surface area contributed by atoms with Crippen LogP contribution in [0.4, 0.5) is 5.69 Å². The van der Waals surface area contributed by atoms with Crippen molar-refractivity contribution in [2.75, 3.05) is 11.9 Å². The smallest absolute Gasteiger partial charge is 0.338 e. The van der Waals surface area contributed by atoms with Crippen molar-refractivity contribution in [3.8, 4) is 0 Å². The SMILES string of the molecule is CCOC(=O)c1ccc(NC(=O)c2cc(C(C)(C)C)nc(C(C)(C)C)c2)cc1. The zero-order valence-electron chi connectivity index (χ0n) is 17.8. The topological polar surface area (TPSA) is 68.3 Å². The molecule has 0 atom stereocenters. The number of pyridine rings is 1. The highest BCUT2D eigenvalue weighted by Gasteiger charge is 2.24. The van der Waals surface area contributed by atoms with E-state index in [0.29, 0.717) is 23.4 Å². The third kappa shape index (κ3) is 5.41. The van der Waals surface area contributed by atoms with Gasteiger partial charge in [0.1, 0.15) is 0 Å². The highest BCUT2D eigenvalue weighted by Crippen LogP contribution is 2.27. The Bertz CT molecular complexity index is 825. The molecule has 0 aliphatic rings. The number of carbonyl (C=O) groups is 2. The van der Waals surface area contributed by atoms with Gasteiger partial charge >= 0.3 is 5.97 Å². The maximum Gasteiger partial charge on any atom is 0.338 e. The third-order valence-corrected chi connectivity index (χ3v) is 4.28. The van der Waals surface area contributed by atoms with E-state index in [-0.39, 0.29) is 22.7 Å². The molecule has 0 spiro atoms. The lowest BCUT2D eigenvalue weighted by molar-refractivity contribution is 0.0526. The summed E-state index contributed by atoms with van der Waals surface area (Å²) in [6.45, 7) is 14.6. The lowest BCUT2D eigenvalue weighted by Crippen LogP contribution is -2.22. The van der Waals surface area contributed by atoms with E-state index in [1.807, 2.05) is 12.1 Å². The van der Waals surface area contributed by atoms with Crippen molar-refractivity contribution in [3.63, 3.8) is 0 Å². The molecule has 2 rings (SSSR count). The van der Waals surface area contributed by atoms with E-state index < -0.39 is 0 Å². The first-order valence-electron chi connectivity index (χ1n) is 9.53. The predicted molar refractivity (Wildman–Crippen MR) is 112 cm³/mol. The number of hydrogen-bond donors (Lipinski definition) is 1. The molecule has 0 saturated heterocycles. The minimum Gasteiger partial charge on any atom is -0.462 e. The zero-order valence-corrected chi connectivity index (χ0v) is 17.8. The molecule has 150 valence electrons. The summed E-state index contributed by atoms with van der Waals surface area (Å²) in [5, 5.41) is 2.89. The van der Waals surface area contributed by atoms with Crippen molar-refractivity contribution >= 4 is 17.6 Å². The van der Waals surface area contributed by atoms with Crippen molar-refractivity contribution < 1.29 is 14.3 Å². The highest BCUT2D eigenvalue weighted by atomic mass is 16.5. The molecule has 2 aromatic rings. The van der Waals surface area contributed by atoms with Gasteiger partial charge in [0.15, 0.2) is 0 Å². The van der Waals surface area contributed by atoms with Gasteiger partial charge in [-0.3, -0.25) is 9.78 Å². The standard InChI is InChI=1S/C23H30N2O3/c1-8-28-21(27)15-9-11-17(12-10-15)24-20(26)16-13-18(22(2,3)4)25-19(14-16)23(5,6)7/h9-14H,8H2,1-7H3,(H,24,26). The monoisotopic (exact) mass is 382 g/mol. The van der Waals surface area contributed by atoms with Crippen LogP contribution in [0.5, 0.6) is 0 Å². The normalized spacial score (nSPS) is 11.8. The van der Waals surface area contributed by atoms with Crippen LogP contribution in [0, 0.1) is 0 Å². The number of ether oxygens (including phenoxy) is 1. The van der Waals surface area contributed by atoms with Crippen molar-refractivity contribution in [2.45, 2.75) is 59.3 Å². The van der Waals surface area contributed by atoms with Crippen LogP contribution in [0.2, 0.25) is 0 Å². The molecule has 0 saturated carbocycles. The second-order valence-electron chi connectivity index (χ2n) is 8.88. The fourth-order valence-electron chi connectivity index (χ4n) is 2.54. The number of nitrogens with zero attached hydrogens (tertiary/aromatic N) is 1. The minimum absolute atomic E-state index is 0.169. The van der Waals surface area contributed by atoms with Gasteiger partial charge < -0.3 is 10.1 Å². The second kappa shape index (κ2) is 8.13. The molecule has 0 unspecified atom stereocenters. The maximum atomic E-state index is 12.9. The molecular formula is C23H30N2O3. The number of amides is 1. The van der Waals surface area contributed by atoms with Gasteiger partial charge in [-0.25, -0.2) is 4.79 Å². The van der Waals surface area contributed by atoms with Crippen LogP contribution in [0.25, 0.3) is 0 Å². The number of anilines is 1. The van der Waals surface area contributed by atoms with Crippen LogP contribution < -0.4 is 5.32 Å². The zero-order chi connectivity index (χ0) is 21.1. The fourth-order valence-corrected chi connectivity index (χ4v) is 2.54. The molecular weight excluding hydrogens is 352 g/mol. The van der Waals surface area contributed by atoms with Crippen molar-refractivity contribution in [1.29, 1.82) is 0 Å². The van der Waals surface area contributed by atoms with Crippen LogP contribution >= 0.6 is 0 Å². The number of carbonyl (C=O) groups excluding carboxylic acids is 2. The Balaban J connectivity index is 2.29. The van der Waals surface area contributed by atoms with Gasteiger partial charge in [0, 0.05) is 33.5 Å². The molecule has 0 aliphatic carbocycles. The summed E-state index contributed by atoms with van der Waals surface area (Å²) >= 11 is 0.